The highest BCUT2D eigenvalue weighted by Gasteiger charge is 2.24. The number of rotatable bonds is 7. The van der Waals surface area contributed by atoms with E-state index in [-0.39, 0.29) is 0 Å². The zero-order valence-corrected chi connectivity index (χ0v) is 12.3. The van der Waals surface area contributed by atoms with Crippen LogP contribution in [0, 0.1) is 12.8 Å². The van der Waals surface area contributed by atoms with Crippen LogP contribution in [-0.2, 0) is 0 Å². The van der Waals surface area contributed by atoms with Gasteiger partial charge in [0.25, 0.3) is 0 Å². The van der Waals surface area contributed by atoms with Crippen LogP contribution in [0.1, 0.15) is 44.6 Å². The largest absolute Gasteiger partial charge is 0.492 e. The highest BCUT2D eigenvalue weighted by atomic mass is 16.5. The number of hydrogen-bond donors (Lipinski definition) is 1. The minimum Gasteiger partial charge on any atom is -0.492 e. The molecule has 0 aliphatic heterocycles. The molecule has 0 saturated heterocycles. The first-order chi connectivity index (χ1) is 9.29. The summed E-state index contributed by atoms with van der Waals surface area (Å²) in [7, 11) is 0. The van der Waals surface area contributed by atoms with E-state index in [1.807, 2.05) is 0 Å². The van der Waals surface area contributed by atoms with Crippen molar-refractivity contribution < 1.29 is 4.74 Å². The molecule has 1 atom stereocenters. The predicted octanol–water partition coefficient (Wildman–Crippen LogP) is 3.93. The first-order valence-electron chi connectivity index (χ1n) is 7.72. The first-order valence-corrected chi connectivity index (χ1v) is 7.72. The average molecular weight is 261 g/mol. The van der Waals surface area contributed by atoms with Crippen molar-refractivity contribution in [2.75, 3.05) is 13.2 Å². The third-order valence-electron chi connectivity index (χ3n) is 4.04. The van der Waals surface area contributed by atoms with E-state index in [9.17, 15) is 0 Å². The summed E-state index contributed by atoms with van der Waals surface area (Å²) in [4.78, 5) is 0. The van der Waals surface area contributed by atoms with Crippen LogP contribution in [-0.4, -0.2) is 19.2 Å². The highest BCUT2D eigenvalue weighted by molar-refractivity contribution is 5.27. The van der Waals surface area contributed by atoms with Gasteiger partial charge in [-0.15, -0.1) is 0 Å². The van der Waals surface area contributed by atoms with Crippen LogP contribution >= 0.6 is 0 Å². The fourth-order valence-electron chi connectivity index (χ4n) is 2.94. The molecule has 1 aromatic carbocycles. The van der Waals surface area contributed by atoms with Crippen LogP contribution in [0.25, 0.3) is 0 Å². The SMILES string of the molecule is CCCNC(COc1cccc(C)c1)C1CCCC1. The van der Waals surface area contributed by atoms with E-state index >= 15 is 0 Å². The molecule has 1 aromatic rings. The minimum atomic E-state index is 0.517. The van der Waals surface area contributed by atoms with Gasteiger partial charge < -0.3 is 10.1 Å². The normalized spacial score (nSPS) is 17.6. The predicted molar refractivity (Wildman–Crippen MR) is 80.7 cm³/mol. The number of aryl methyl sites for hydroxylation is 1. The molecule has 1 saturated carbocycles. The van der Waals surface area contributed by atoms with Crippen LogP contribution in [0.15, 0.2) is 24.3 Å². The van der Waals surface area contributed by atoms with Crippen LogP contribution in [0.3, 0.4) is 0 Å². The van der Waals surface area contributed by atoms with Crippen molar-refractivity contribution in [1.29, 1.82) is 0 Å². The Kier molecular flexibility index (Phi) is 5.71. The van der Waals surface area contributed by atoms with Crippen LogP contribution in [0.4, 0.5) is 0 Å². The third kappa shape index (κ3) is 4.54. The second-order valence-corrected chi connectivity index (χ2v) is 5.73. The van der Waals surface area contributed by atoms with E-state index in [0.717, 1.165) is 24.8 Å². The molecule has 0 heterocycles. The Bertz CT molecular complexity index is 371. The fraction of sp³-hybridized carbons (Fsp3) is 0.647. The molecule has 1 fully saturated rings. The van der Waals surface area contributed by atoms with Gasteiger partial charge in [0.05, 0.1) is 0 Å². The highest BCUT2D eigenvalue weighted by Crippen LogP contribution is 2.28. The molecular weight excluding hydrogens is 234 g/mol. The molecule has 0 bridgehead atoms. The van der Waals surface area contributed by atoms with Gasteiger partial charge in [-0.3, -0.25) is 0 Å². The Morgan fingerprint density at radius 2 is 2.11 bits per heavy atom. The van der Waals surface area contributed by atoms with Crippen molar-refractivity contribution in [3.8, 4) is 5.75 Å². The van der Waals surface area contributed by atoms with Gasteiger partial charge in [0.2, 0.25) is 0 Å². The maximum atomic E-state index is 6.00. The number of nitrogens with one attached hydrogen (secondary N) is 1. The van der Waals surface area contributed by atoms with Crippen molar-refractivity contribution in [2.45, 2.75) is 52.0 Å². The lowest BCUT2D eigenvalue weighted by Crippen LogP contribution is -2.40. The van der Waals surface area contributed by atoms with Crippen molar-refractivity contribution in [3.63, 3.8) is 0 Å². The number of benzene rings is 1. The maximum Gasteiger partial charge on any atom is 0.119 e. The molecule has 0 aromatic heterocycles. The second kappa shape index (κ2) is 7.54. The molecule has 0 amide bonds. The minimum absolute atomic E-state index is 0.517. The van der Waals surface area contributed by atoms with Gasteiger partial charge >= 0.3 is 0 Å². The van der Waals surface area contributed by atoms with Gasteiger partial charge in [0.1, 0.15) is 12.4 Å². The molecule has 2 rings (SSSR count). The van der Waals surface area contributed by atoms with E-state index in [4.69, 9.17) is 4.74 Å². The quantitative estimate of drug-likeness (QED) is 0.803. The summed E-state index contributed by atoms with van der Waals surface area (Å²) in [6, 6.07) is 8.86. The van der Waals surface area contributed by atoms with Gasteiger partial charge in [0, 0.05) is 6.04 Å². The standard InChI is InChI=1S/C17H27NO/c1-3-11-18-17(15-8-4-5-9-15)13-19-16-10-6-7-14(2)12-16/h6-7,10,12,15,17-18H,3-5,8-9,11,13H2,1-2H3. The zero-order chi connectivity index (χ0) is 13.5. The Morgan fingerprint density at radius 1 is 1.32 bits per heavy atom. The van der Waals surface area contributed by atoms with E-state index in [1.54, 1.807) is 0 Å². The monoisotopic (exact) mass is 261 g/mol. The van der Waals surface area contributed by atoms with Gasteiger partial charge in [0.15, 0.2) is 0 Å². The summed E-state index contributed by atoms with van der Waals surface area (Å²) in [5.74, 6) is 1.80. The molecule has 106 valence electrons. The molecule has 1 N–H and O–H groups in total. The van der Waals surface area contributed by atoms with Crippen molar-refractivity contribution in [1.82, 2.24) is 5.32 Å². The van der Waals surface area contributed by atoms with Crippen molar-refractivity contribution >= 4 is 0 Å². The maximum absolute atomic E-state index is 6.00. The molecule has 19 heavy (non-hydrogen) atoms. The number of hydrogen-bond acceptors (Lipinski definition) is 2. The average Bonchev–Trinajstić information content (AvgIpc) is 2.93. The third-order valence-corrected chi connectivity index (χ3v) is 4.04. The van der Waals surface area contributed by atoms with Gasteiger partial charge in [-0.2, -0.15) is 0 Å². The molecular formula is C17H27NO. The summed E-state index contributed by atoms with van der Waals surface area (Å²) in [6.45, 7) is 6.23. The van der Waals surface area contributed by atoms with Crippen LogP contribution in [0.2, 0.25) is 0 Å². The first kappa shape index (κ1) is 14.4. The van der Waals surface area contributed by atoms with Crippen molar-refractivity contribution in [3.05, 3.63) is 29.8 Å². The zero-order valence-electron chi connectivity index (χ0n) is 12.3. The molecule has 1 aliphatic carbocycles. The van der Waals surface area contributed by atoms with Crippen molar-refractivity contribution in [2.24, 2.45) is 5.92 Å². The molecule has 1 unspecified atom stereocenters. The summed E-state index contributed by atoms with van der Waals surface area (Å²) in [6.07, 6.45) is 6.68. The molecule has 1 aliphatic rings. The Labute approximate surface area is 117 Å². The summed E-state index contributed by atoms with van der Waals surface area (Å²) in [5, 5.41) is 3.67. The van der Waals surface area contributed by atoms with E-state index in [0.29, 0.717) is 6.04 Å². The van der Waals surface area contributed by atoms with Gasteiger partial charge in [-0.25, -0.2) is 0 Å². The lowest BCUT2D eigenvalue weighted by molar-refractivity contribution is 0.217. The smallest absolute Gasteiger partial charge is 0.119 e. The summed E-state index contributed by atoms with van der Waals surface area (Å²) >= 11 is 0. The Morgan fingerprint density at radius 3 is 2.79 bits per heavy atom. The van der Waals surface area contributed by atoms with E-state index in [1.165, 1.54) is 37.7 Å². The van der Waals surface area contributed by atoms with Crippen LogP contribution in [0.5, 0.6) is 5.75 Å². The van der Waals surface area contributed by atoms with E-state index in [2.05, 4.69) is 43.4 Å². The van der Waals surface area contributed by atoms with E-state index < -0.39 is 0 Å². The lowest BCUT2D eigenvalue weighted by atomic mass is 9.98. The van der Waals surface area contributed by atoms with Crippen LogP contribution < -0.4 is 10.1 Å². The number of ether oxygens (including phenoxy) is 1. The fourth-order valence-corrected chi connectivity index (χ4v) is 2.94. The van der Waals surface area contributed by atoms with Gasteiger partial charge in [-0.05, 0) is 56.3 Å². The molecule has 0 radical (unpaired) electrons. The summed E-state index contributed by atoms with van der Waals surface area (Å²) in [5.41, 5.74) is 1.26. The summed E-state index contributed by atoms with van der Waals surface area (Å²) < 4.78 is 6.00. The Balaban J connectivity index is 1.88. The Hall–Kier alpha value is -1.02. The molecule has 2 nitrogen and oxygen atoms in total. The molecule has 2 heteroatoms. The topological polar surface area (TPSA) is 21.3 Å². The molecule has 0 spiro atoms. The second-order valence-electron chi connectivity index (χ2n) is 5.73. The van der Waals surface area contributed by atoms with Gasteiger partial charge in [-0.1, -0.05) is 31.9 Å². The lowest BCUT2D eigenvalue weighted by Gasteiger charge is -2.25.